The van der Waals surface area contributed by atoms with Crippen LogP contribution in [-0.2, 0) is 0 Å². The van der Waals surface area contributed by atoms with Crippen molar-refractivity contribution in [3.8, 4) is 0 Å². The van der Waals surface area contributed by atoms with E-state index in [1.807, 2.05) is 45.2 Å². The quantitative estimate of drug-likeness (QED) is 0.686. The zero-order valence-electron chi connectivity index (χ0n) is 9.11. The molecular weight excluding hydrogens is 192 g/mol. The molecule has 0 unspecified atom stereocenters. The van der Waals surface area contributed by atoms with Gasteiger partial charge in [0.2, 0.25) is 0 Å². The predicted molar refractivity (Wildman–Crippen MR) is 66.2 cm³/mol. The van der Waals surface area contributed by atoms with E-state index in [2.05, 4.69) is 17.0 Å². The molecule has 0 N–H and O–H groups in total. The maximum atomic E-state index is 5.30. The summed E-state index contributed by atoms with van der Waals surface area (Å²) in [5.41, 5.74) is 2.27. The maximum Gasteiger partial charge on any atom is 0.108 e. The molecule has 0 aliphatic rings. The van der Waals surface area contributed by atoms with Crippen LogP contribution in [0.2, 0.25) is 0 Å². The fourth-order valence-corrected chi connectivity index (χ4v) is 1.30. The van der Waals surface area contributed by atoms with E-state index in [9.17, 15) is 0 Å². The third-order valence-corrected chi connectivity index (χ3v) is 2.62. The van der Waals surface area contributed by atoms with Crippen LogP contribution in [-0.4, -0.2) is 38.1 Å². The normalized spacial score (nSPS) is 9.71. The molecule has 0 saturated carbocycles. The van der Waals surface area contributed by atoms with Crippen molar-refractivity contribution in [2.24, 2.45) is 0 Å². The van der Waals surface area contributed by atoms with Crippen LogP contribution >= 0.6 is 12.2 Å². The molecule has 0 saturated heterocycles. The zero-order valence-corrected chi connectivity index (χ0v) is 9.93. The average Bonchev–Trinajstić information content (AvgIpc) is 2.16. The largest absolute Gasteiger partial charge is 0.378 e. The zero-order chi connectivity index (χ0) is 10.7. The van der Waals surface area contributed by atoms with Gasteiger partial charge in [-0.2, -0.15) is 0 Å². The van der Waals surface area contributed by atoms with E-state index in [4.69, 9.17) is 12.2 Å². The summed E-state index contributed by atoms with van der Waals surface area (Å²) in [5.74, 6) is 0. The highest BCUT2D eigenvalue weighted by Crippen LogP contribution is 2.14. The summed E-state index contributed by atoms with van der Waals surface area (Å²) in [4.78, 5) is 4.89. The molecule has 76 valence electrons. The van der Waals surface area contributed by atoms with Crippen LogP contribution in [0.5, 0.6) is 0 Å². The van der Waals surface area contributed by atoms with Crippen LogP contribution in [0, 0.1) is 0 Å². The number of hydrogen-bond donors (Lipinski definition) is 0. The Morgan fingerprint density at radius 3 is 2.29 bits per heavy atom. The Morgan fingerprint density at radius 1 is 1.14 bits per heavy atom. The molecule has 1 rings (SSSR count). The van der Waals surface area contributed by atoms with Crippen molar-refractivity contribution in [3.63, 3.8) is 0 Å². The summed E-state index contributed by atoms with van der Waals surface area (Å²) in [6.45, 7) is 0. The van der Waals surface area contributed by atoms with Crippen LogP contribution < -0.4 is 4.90 Å². The lowest BCUT2D eigenvalue weighted by Crippen LogP contribution is -2.21. The lowest BCUT2D eigenvalue weighted by molar-refractivity contribution is 0.636. The van der Waals surface area contributed by atoms with Gasteiger partial charge in [0.05, 0.1) is 0 Å². The highest BCUT2D eigenvalue weighted by molar-refractivity contribution is 7.80. The third-order valence-electron chi connectivity index (χ3n) is 2.02. The van der Waals surface area contributed by atoms with Crippen molar-refractivity contribution in [1.29, 1.82) is 0 Å². The molecule has 0 atom stereocenters. The number of hydrogen-bond acceptors (Lipinski definition) is 2. The van der Waals surface area contributed by atoms with Gasteiger partial charge in [0.15, 0.2) is 0 Å². The molecule has 0 fully saturated rings. The highest BCUT2D eigenvalue weighted by Gasteiger charge is 2.04. The molecule has 0 amide bonds. The lowest BCUT2D eigenvalue weighted by Gasteiger charge is -2.17. The molecule has 0 aliphatic heterocycles. The minimum absolute atomic E-state index is 0.869. The monoisotopic (exact) mass is 208 g/mol. The summed E-state index contributed by atoms with van der Waals surface area (Å²) in [6, 6.07) is 8.24. The summed E-state index contributed by atoms with van der Waals surface area (Å²) in [7, 11) is 7.98. The van der Waals surface area contributed by atoms with Crippen molar-refractivity contribution < 1.29 is 0 Å². The van der Waals surface area contributed by atoms with Gasteiger partial charge in [0, 0.05) is 39.4 Å². The van der Waals surface area contributed by atoms with Gasteiger partial charge < -0.3 is 9.80 Å². The highest BCUT2D eigenvalue weighted by atomic mass is 32.1. The second-order valence-corrected chi connectivity index (χ2v) is 4.03. The topological polar surface area (TPSA) is 6.48 Å². The first kappa shape index (κ1) is 11.0. The van der Waals surface area contributed by atoms with Gasteiger partial charge >= 0.3 is 0 Å². The number of rotatable bonds is 2. The van der Waals surface area contributed by atoms with Crippen molar-refractivity contribution in [3.05, 3.63) is 29.8 Å². The first-order chi connectivity index (χ1) is 6.52. The first-order valence-electron chi connectivity index (χ1n) is 4.51. The molecule has 14 heavy (non-hydrogen) atoms. The van der Waals surface area contributed by atoms with Crippen molar-refractivity contribution >= 4 is 22.9 Å². The minimum atomic E-state index is 0.869. The van der Waals surface area contributed by atoms with Crippen LogP contribution in [0.15, 0.2) is 24.3 Å². The Kier molecular flexibility index (Phi) is 3.47. The van der Waals surface area contributed by atoms with Crippen LogP contribution in [0.3, 0.4) is 0 Å². The molecule has 0 bridgehead atoms. The Morgan fingerprint density at radius 2 is 1.79 bits per heavy atom. The van der Waals surface area contributed by atoms with E-state index in [0.717, 1.165) is 10.6 Å². The minimum Gasteiger partial charge on any atom is -0.378 e. The Labute approximate surface area is 91.1 Å². The van der Waals surface area contributed by atoms with Crippen molar-refractivity contribution in [2.75, 3.05) is 33.1 Å². The van der Waals surface area contributed by atoms with Gasteiger partial charge in [-0.05, 0) is 12.1 Å². The Bertz CT molecular complexity index is 332. The second kappa shape index (κ2) is 4.42. The molecule has 3 heteroatoms. The number of thiocarbonyl (C=S) groups is 1. The summed E-state index contributed by atoms with van der Waals surface area (Å²) >= 11 is 5.30. The molecule has 0 spiro atoms. The standard InChI is InChI=1S/C11H16N2S/c1-12(2)10-7-5-6-9(8-10)11(14)13(3)4/h5-8H,1-4H3. The van der Waals surface area contributed by atoms with E-state index < -0.39 is 0 Å². The lowest BCUT2D eigenvalue weighted by atomic mass is 10.2. The second-order valence-electron chi connectivity index (χ2n) is 3.64. The molecule has 0 aliphatic carbocycles. The maximum absolute atomic E-state index is 5.30. The van der Waals surface area contributed by atoms with E-state index >= 15 is 0 Å². The smallest absolute Gasteiger partial charge is 0.108 e. The molecule has 1 aromatic carbocycles. The number of nitrogens with zero attached hydrogens (tertiary/aromatic N) is 2. The van der Waals surface area contributed by atoms with Gasteiger partial charge in [-0.25, -0.2) is 0 Å². The van der Waals surface area contributed by atoms with Crippen molar-refractivity contribution in [2.45, 2.75) is 0 Å². The van der Waals surface area contributed by atoms with Gasteiger partial charge in [0.1, 0.15) is 4.99 Å². The Hall–Kier alpha value is -1.09. The van der Waals surface area contributed by atoms with Gasteiger partial charge in [-0.1, -0.05) is 24.4 Å². The molecule has 0 heterocycles. The van der Waals surface area contributed by atoms with Crippen LogP contribution in [0.25, 0.3) is 0 Å². The fraction of sp³-hybridized carbons (Fsp3) is 0.364. The number of anilines is 1. The molecule has 0 radical (unpaired) electrons. The van der Waals surface area contributed by atoms with Gasteiger partial charge in [-0.15, -0.1) is 0 Å². The molecular formula is C11H16N2S. The van der Waals surface area contributed by atoms with E-state index in [1.54, 1.807) is 0 Å². The van der Waals surface area contributed by atoms with Crippen LogP contribution in [0.4, 0.5) is 5.69 Å². The summed E-state index contributed by atoms with van der Waals surface area (Å²) < 4.78 is 0. The molecule has 2 nitrogen and oxygen atoms in total. The molecule has 1 aromatic rings. The van der Waals surface area contributed by atoms with E-state index in [1.165, 1.54) is 5.69 Å². The van der Waals surface area contributed by atoms with E-state index in [-0.39, 0.29) is 0 Å². The van der Waals surface area contributed by atoms with E-state index in [0.29, 0.717) is 0 Å². The first-order valence-corrected chi connectivity index (χ1v) is 4.92. The molecule has 0 aromatic heterocycles. The predicted octanol–water partition coefficient (Wildman–Crippen LogP) is 1.99. The fourth-order valence-electron chi connectivity index (χ4n) is 1.18. The summed E-state index contributed by atoms with van der Waals surface area (Å²) in [6.07, 6.45) is 0. The van der Waals surface area contributed by atoms with Crippen molar-refractivity contribution in [1.82, 2.24) is 4.90 Å². The van der Waals surface area contributed by atoms with Crippen LogP contribution in [0.1, 0.15) is 5.56 Å². The third kappa shape index (κ3) is 2.45. The van der Waals surface area contributed by atoms with Gasteiger partial charge in [0.25, 0.3) is 0 Å². The number of benzene rings is 1. The SMILES string of the molecule is CN(C)C(=S)c1cccc(N(C)C)c1. The van der Waals surface area contributed by atoms with Gasteiger partial charge in [-0.3, -0.25) is 0 Å². The summed E-state index contributed by atoms with van der Waals surface area (Å²) in [5, 5.41) is 0. The Balaban J connectivity index is 3.00. The average molecular weight is 208 g/mol.